The maximum absolute atomic E-state index is 12.8. The van der Waals surface area contributed by atoms with Crippen LogP contribution in [-0.2, 0) is 19.4 Å². The van der Waals surface area contributed by atoms with Gasteiger partial charge >= 0.3 is 0 Å². The summed E-state index contributed by atoms with van der Waals surface area (Å²) in [4.78, 5) is 34.4. The zero-order valence-corrected chi connectivity index (χ0v) is 20.1. The molecule has 0 fully saturated rings. The second-order valence-corrected chi connectivity index (χ2v) is 9.56. The highest BCUT2D eigenvalue weighted by Crippen LogP contribution is 2.40. The summed E-state index contributed by atoms with van der Waals surface area (Å²) >= 11 is 1.79. The fourth-order valence-corrected chi connectivity index (χ4v) is 5.95. The number of methoxy groups -OCH3 is 2. The van der Waals surface area contributed by atoms with Crippen molar-refractivity contribution in [1.29, 1.82) is 0 Å². The van der Waals surface area contributed by atoms with E-state index in [-0.39, 0.29) is 5.56 Å². The first-order valence-corrected chi connectivity index (χ1v) is 12.0. The Morgan fingerprint density at radius 3 is 2.76 bits per heavy atom. The topological polar surface area (TPSA) is 93.2 Å². The highest BCUT2D eigenvalue weighted by molar-refractivity contribution is 7.19. The van der Waals surface area contributed by atoms with Crippen molar-refractivity contribution in [3.05, 3.63) is 45.1 Å². The van der Waals surface area contributed by atoms with Gasteiger partial charge in [-0.1, -0.05) is 6.92 Å². The number of H-pyrrole nitrogens is 1. The largest absolute Gasteiger partial charge is 0.493 e. The number of fused-ring (bicyclic) bond motifs is 4. The van der Waals surface area contributed by atoms with E-state index in [9.17, 15) is 4.79 Å². The minimum atomic E-state index is -0.207. The lowest BCUT2D eigenvalue weighted by Gasteiger charge is -2.24. The molecular weight excluding hydrogens is 438 g/mol. The Bertz CT molecular complexity index is 1400. The third-order valence-electron chi connectivity index (χ3n) is 6.35. The lowest BCUT2D eigenvalue weighted by Crippen LogP contribution is -2.26. The number of anilines is 1. The maximum Gasteiger partial charge on any atom is 0.258 e. The van der Waals surface area contributed by atoms with Crippen LogP contribution in [0.4, 0.5) is 5.82 Å². The second kappa shape index (κ2) is 8.62. The van der Waals surface area contributed by atoms with Gasteiger partial charge in [-0.2, -0.15) is 0 Å². The molecule has 33 heavy (non-hydrogen) atoms. The Labute approximate surface area is 195 Å². The Morgan fingerprint density at radius 2 is 2.00 bits per heavy atom. The van der Waals surface area contributed by atoms with E-state index < -0.39 is 0 Å². The molecule has 0 radical (unpaired) electrons. The van der Waals surface area contributed by atoms with Gasteiger partial charge in [0.2, 0.25) is 0 Å². The van der Waals surface area contributed by atoms with Crippen LogP contribution in [-0.4, -0.2) is 40.7 Å². The maximum atomic E-state index is 12.8. The Kier molecular flexibility index (Phi) is 5.65. The predicted octanol–water partition coefficient (Wildman–Crippen LogP) is 4.10. The van der Waals surface area contributed by atoms with Crippen LogP contribution < -0.4 is 19.9 Å². The summed E-state index contributed by atoms with van der Waals surface area (Å²) in [5.41, 5.74) is 1.75. The van der Waals surface area contributed by atoms with Crippen LogP contribution in [0.1, 0.15) is 36.5 Å². The van der Waals surface area contributed by atoms with Crippen LogP contribution in [0, 0.1) is 5.92 Å². The van der Waals surface area contributed by atoms with Crippen LogP contribution in [0.25, 0.3) is 21.1 Å². The average Bonchev–Trinajstić information content (AvgIpc) is 3.19. The minimum absolute atomic E-state index is 0.207. The minimum Gasteiger partial charge on any atom is -0.493 e. The molecule has 172 valence electrons. The molecule has 0 saturated carbocycles. The number of nitrogens with zero attached hydrogens (tertiary/aromatic N) is 4. The van der Waals surface area contributed by atoms with E-state index in [0.29, 0.717) is 40.7 Å². The summed E-state index contributed by atoms with van der Waals surface area (Å²) in [7, 11) is 3.12. The van der Waals surface area contributed by atoms with E-state index in [1.807, 2.05) is 0 Å². The van der Waals surface area contributed by atoms with Crippen LogP contribution in [0.2, 0.25) is 0 Å². The molecule has 1 N–H and O–H groups in total. The molecule has 0 bridgehead atoms. The van der Waals surface area contributed by atoms with Crippen LogP contribution in [0.15, 0.2) is 23.3 Å². The van der Waals surface area contributed by atoms with Gasteiger partial charge in [0.25, 0.3) is 5.56 Å². The Hall–Kier alpha value is -3.20. The second-order valence-electron chi connectivity index (χ2n) is 8.48. The van der Waals surface area contributed by atoms with Gasteiger partial charge in [0.05, 0.1) is 37.1 Å². The quantitative estimate of drug-likeness (QED) is 0.458. The molecule has 0 amide bonds. The fourth-order valence-electron chi connectivity index (χ4n) is 4.60. The van der Waals surface area contributed by atoms with Crippen molar-refractivity contribution in [2.75, 3.05) is 25.7 Å². The lowest BCUT2D eigenvalue weighted by molar-refractivity contribution is 0.355. The zero-order chi connectivity index (χ0) is 23.1. The summed E-state index contributed by atoms with van der Waals surface area (Å²) < 4.78 is 10.7. The Morgan fingerprint density at radius 1 is 1.21 bits per heavy atom. The molecule has 0 spiro atoms. The van der Waals surface area contributed by atoms with Gasteiger partial charge in [0, 0.05) is 17.5 Å². The number of rotatable bonds is 6. The van der Waals surface area contributed by atoms with Crippen molar-refractivity contribution >= 4 is 38.3 Å². The van der Waals surface area contributed by atoms with E-state index in [4.69, 9.17) is 14.5 Å². The molecule has 0 unspecified atom stereocenters. The first-order chi connectivity index (χ1) is 16.0. The van der Waals surface area contributed by atoms with E-state index in [2.05, 4.69) is 33.7 Å². The number of hydrogen-bond donors (Lipinski definition) is 1. The molecule has 1 atom stereocenters. The number of benzene rings is 1. The van der Waals surface area contributed by atoms with E-state index in [0.717, 1.165) is 35.4 Å². The van der Waals surface area contributed by atoms with E-state index in [1.54, 1.807) is 44.0 Å². The van der Waals surface area contributed by atoms with E-state index in [1.165, 1.54) is 16.9 Å². The summed E-state index contributed by atoms with van der Waals surface area (Å²) in [6, 6.07) is 3.40. The molecule has 0 aliphatic heterocycles. The van der Waals surface area contributed by atoms with Crippen LogP contribution >= 0.6 is 11.3 Å². The van der Waals surface area contributed by atoms with Crippen molar-refractivity contribution in [3.8, 4) is 11.5 Å². The van der Waals surface area contributed by atoms with Gasteiger partial charge in [-0.3, -0.25) is 4.79 Å². The zero-order valence-electron chi connectivity index (χ0n) is 19.3. The molecule has 4 aromatic rings. The first-order valence-electron chi connectivity index (χ1n) is 11.2. The van der Waals surface area contributed by atoms with E-state index >= 15 is 0 Å². The molecule has 1 aromatic carbocycles. The predicted molar refractivity (Wildman–Crippen MR) is 131 cm³/mol. The molecule has 3 aromatic heterocycles. The average molecular weight is 466 g/mol. The summed E-state index contributed by atoms with van der Waals surface area (Å²) in [5, 5.41) is 1.62. The van der Waals surface area contributed by atoms with Crippen molar-refractivity contribution < 1.29 is 9.47 Å². The van der Waals surface area contributed by atoms with Crippen LogP contribution in [0.3, 0.4) is 0 Å². The van der Waals surface area contributed by atoms with Gasteiger partial charge in [0.15, 0.2) is 11.5 Å². The van der Waals surface area contributed by atoms with Gasteiger partial charge in [-0.15, -0.1) is 11.3 Å². The SMILES string of the molecule is CCN(Cc1nc2cc(OC)c(OC)cc2c(=O)[nH]1)c1ncnc2sc3c(c12)CC[C@H](C)C3. The van der Waals surface area contributed by atoms with Crippen molar-refractivity contribution in [2.45, 2.75) is 39.7 Å². The standard InChI is InChI=1S/C24H27N5O3S/c1-5-29(22-21-14-7-6-13(2)8-19(14)33-24(21)26-12-25-22)11-20-27-16-10-18(32-4)17(31-3)9-15(16)23(30)28-20/h9-10,12-13H,5-8,11H2,1-4H3,(H,27,28,30)/t13-/m0/s1. The molecule has 9 heteroatoms. The van der Waals surface area contributed by atoms with Crippen molar-refractivity contribution in [2.24, 2.45) is 5.92 Å². The van der Waals surface area contributed by atoms with Crippen molar-refractivity contribution in [3.63, 3.8) is 0 Å². The molecule has 3 heterocycles. The van der Waals surface area contributed by atoms with Gasteiger partial charge in [-0.05, 0) is 43.7 Å². The highest BCUT2D eigenvalue weighted by atomic mass is 32.1. The molecular formula is C24H27N5O3S. The fraction of sp³-hybridized carbons (Fsp3) is 0.417. The molecule has 5 rings (SSSR count). The number of aryl methyl sites for hydroxylation is 1. The smallest absolute Gasteiger partial charge is 0.258 e. The highest BCUT2D eigenvalue weighted by Gasteiger charge is 2.25. The molecule has 1 aliphatic carbocycles. The van der Waals surface area contributed by atoms with Gasteiger partial charge in [-0.25, -0.2) is 15.0 Å². The Balaban J connectivity index is 1.56. The normalized spacial score (nSPS) is 15.6. The number of hydrogen-bond acceptors (Lipinski definition) is 8. The van der Waals surface area contributed by atoms with Gasteiger partial charge in [0.1, 0.15) is 22.8 Å². The first kappa shape index (κ1) is 21.6. The van der Waals surface area contributed by atoms with Crippen LogP contribution in [0.5, 0.6) is 11.5 Å². The third-order valence-corrected chi connectivity index (χ3v) is 7.52. The molecule has 0 saturated heterocycles. The monoisotopic (exact) mass is 465 g/mol. The number of thiophene rings is 1. The number of ether oxygens (including phenoxy) is 2. The van der Waals surface area contributed by atoms with Gasteiger partial charge < -0.3 is 19.4 Å². The third kappa shape index (κ3) is 3.80. The summed E-state index contributed by atoms with van der Waals surface area (Å²) in [5.74, 6) is 3.22. The number of nitrogens with one attached hydrogen (secondary N) is 1. The van der Waals surface area contributed by atoms with Crippen molar-refractivity contribution in [1.82, 2.24) is 19.9 Å². The number of aromatic nitrogens is 4. The molecule has 1 aliphatic rings. The summed E-state index contributed by atoms with van der Waals surface area (Å²) in [6.07, 6.45) is 4.98. The number of aromatic amines is 1. The summed E-state index contributed by atoms with van der Waals surface area (Å²) in [6.45, 7) is 5.55. The molecule has 8 nitrogen and oxygen atoms in total. The lowest BCUT2D eigenvalue weighted by atomic mass is 9.89.